The highest BCUT2D eigenvalue weighted by atomic mass is 32.1. The summed E-state index contributed by atoms with van der Waals surface area (Å²) < 4.78 is 25.0. The van der Waals surface area contributed by atoms with Crippen LogP contribution >= 0.6 is 45.7 Å². The van der Waals surface area contributed by atoms with Gasteiger partial charge in [-0.1, -0.05) is 113 Å². The van der Waals surface area contributed by atoms with Crippen LogP contribution in [-0.4, -0.2) is 65.1 Å². The van der Waals surface area contributed by atoms with Gasteiger partial charge in [0.15, 0.2) is 6.33 Å². The molecule has 9 heterocycles. The van der Waals surface area contributed by atoms with E-state index in [9.17, 15) is 0 Å². The van der Waals surface area contributed by atoms with Crippen molar-refractivity contribution in [3.05, 3.63) is 223 Å². The van der Waals surface area contributed by atoms with E-state index in [1.165, 1.54) is 84.2 Å². The maximum Gasteiger partial charge on any atom is 0.213 e. The van der Waals surface area contributed by atoms with Gasteiger partial charge in [-0.05, 0) is 99.9 Å². The molecule has 0 saturated heterocycles. The lowest BCUT2D eigenvalue weighted by atomic mass is 10.1. The Labute approximate surface area is 419 Å². The molecule has 0 atom stereocenters. The minimum atomic E-state index is 0.778. The molecule has 0 saturated carbocycles. The molecule has 0 amide bonds. The monoisotopic (exact) mass is 1000 g/mol. The zero-order chi connectivity index (χ0) is 48.2. The topological polar surface area (TPSA) is 192 Å². The quantitative estimate of drug-likeness (QED) is 0.140. The van der Waals surface area contributed by atoms with Gasteiger partial charge in [-0.25, -0.2) is 15.0 Å². The lowest BCUT2D eigenvalue weighted by molar-refractivity contribution is 0.393. The predicted molar refractivity (Wildman–Crippen MR) is 286 cm³/mol. The number of aliphatic imine (C=N–C) groups is 2. The molecule has 0 unspecified atom stereocenters. The molecule has 0 fully saturated rings. The summed E-state index contributed by atoms with van der Waals surface area (Å²) in [6, 6.07) is 45.3. The maximum absolute atomic E-state index is 5.12. The minimum Gasteiger partial charge on any atom is -0.464 e. The van der Waals surface area contributed by atoms with E-state index < -0.39 is 0 Å². The Kier molecular flexibility index (Phi) is 23.6. The number of furan rings is 1. The van der Waals surface area contributed by atoms with Crippen LogP contribution in [0.3, 0.4) is 0 Å². The molecule has 12 aromatic rings. The molecule has 0 N–H and O–H groups in total. The number of thiazole rings is 1. The number of nitrogens with zero attached hydrogens (tertiary/aromatic N) is 12. The second-order valence-electron chi connectivity index (χ2n) is 13.3. The highest BCUT2D eigenvalue weighted by molar-refractivity contribution is 7.17. The summed E-state index contributed by atoms with van der Waals surface area (Å²) >= 11 is 6.35. The Morgan fingerprint density at radius 1 is 0.629 bits per heavy atom. The highest BCUT2D eigenvalue weighted by Crippen LogP contribution is 2.20. The lowest BCUT2D eigenvalue weighted by Gasteiger charge is -1.93. The van der Waals surface area contributed by atoms with Crippen molar-refractivity contribution >= 4 is 106 Å². The van der Waals surface area contributed by atoms with E-state index in [1.54, 1.807) is 53.9 Å². The number of thiophene rings is 1. The Hall–Kier alpha value is -8.36. The summed E-state index contributed by atoms with van der Waals surface area (Å²) in [5.74, 6) is 0. The van der Waals surface area contributed by atoms with Crippen LogP contribution in [0.5, 0.6) is 0 Å². The van der Waals surface area contributed by atoms with Crippen LogP contribution in [0.4, 0.5) is 0 Å². The molecule has 3 aliphatic rings. The third-order valence-electron chi connectivity index (χ3n) is 8.64. The maximum atomic E-state index is 5.12. The fourth-order valence-electron chi connectivity index (χ4n) is 5.50. The Morgan fingerprint density at radius 2 is 1.44 bits per heavy atom. The van der Waals surface area contributed by atoms with E-state index >= 15 is 0 Å². The minimum absolute atomic E-state index is 0.778. The molecular weight excluding hydrogens is 957 g/mol. The number of allylic oxidation sites excluding steroid dienone is 1. The van der Waals surface area contributed by atoms with Gasteiger partial charge in [0.1, 0.15) is 18.2 Å². The fourth-order valence-corrected chi connectivity index (χ4v) is 7.89. The van der Waals surface area contributed by atoms with E-state index in [4.69, 9.17) is 4.42 Å². The Balaban J connectivity index is 0.000000129. The van der Waals surface area contributed by atoms with E-state index in [-0.39, 0.29) is 0 Å². The number of hydrogen-bond acceptors (Lipinski definition) is 19. The molecule has 19 heteroatoms. The third-order valence-corrected chi connectivity index (χ3v) is 11.6. The molecule has 0 spiro atoms. The van der Waals surface area contributed by atoms with Crippen LogP contribution < -0.4 is 0 Å². The standard InChI is InChI=1S/C9H8.C8H6O.C8H6S.2C7H5NS.2C3H4N2.2C2H2N2O.C2H2N2S/c1-2-5-9-7-3-6-8(9)4-1;2*1-2-4-8-7(3-1)5-6-9-8;1-2-4-7-6(3-1)8-5-9-7;1-2-4-7-6(3-1)5-8-9-7;1-2-5-3-4-1;1-2-4-5-3-1;1-3-2-5-4-1;2*1-2-5-4-3-1/h1-6H,7H2;2*1-6H;2*1-5H;1,3H,2H2;1-2H,3H2;3*1-2H. The molecule has 2 aliphatic heterocycles. The normalized spacial score (nSPS) is 11.3. The van der Waals surface area contributed by atoms with Crippen molar-refractivity contribution in [1.82, 2.24) is 39.5 Å². The van der Waals surface area contributed by atoms with E-state index in [2.05, 4.69) is 159 Å². The van der Waals surface area contributed by atoms with Crippen LogP contribution in [0.25, 0.3) is 47.4 Å². The number of aromatic nitrogens is 8. The molecule has 350 valence electrons. The summed E-state index contributed by atoms with van der Waals surface area (Å²) in [6.07, 6.45) is 23.1. The van der Waals surface area contributed by atoms with Crippen molar-refractivity contribution in [2.45, 2.75) is 6.42 Å². The van der Waals surface area contributed by atoms with Crippen molar-refractivity contribution < 1.29 is 13.5 Å². The van der Waals surface area contributed by atoms with Gasteiger partial charge in [0, 0.05) is 44.7 Å². The zero-order valence-corrected chi connectivity index (χ0v) is 40.6. The van der Waals surface area contributed by atoms with Crippen molar-refractivity contribution in [2.75, 3.05) is 13.1 Å². The summed E-state index contributed by atoms with van der Waals surface area (Å²) in [6.45, 7) is 1.56. The molecular formula is C51H44N12O3S4. The van der Waals surface area contributed by atoms with E-state index in [1.807, 2.05) is 83.8 Å². The van der Waals surface area contributed by atoms with Gasteiger partial charge in [0.25, 0.3) is 0 Å². The number of hydrogen-bond donors (Lipinski definition) is 0. The number of fused-ring (bicyclic) bond motifs is 5. The van der Waals surface area contributed by atoms with Crippen LogP contribution in [0.2, 0.25) is 0 Å². The van der Waals surface area contributed by atoms with Gasteiger partial charge in [-0.3, -0.25) is 4.99 Å². The predicted octanol–water partition coefficient (Wildman–Crippen LogP) is 13.9. The van der Waals surface area contributed by atoms with E-state index in [0.717, 1.165) is 36.0 Å². The fraction of sp³-hybridized carbons (Fsp3) is 0.0588. The summed E-state index contributed by atoms with van der Waals surface area (Å²) in [7, 11) is 0. The van der Waals surface area contributed by atoms with E-state index in [0.29, 0.717) is 0 Å². The zero-order valence-electron chi connectivity index (χ0n) is 37.3. The smallest absolute Gasteiger partial charge is 0.213 e. The van der Waals surface area contributed by atoms with Gasteiger partial charge >= 0.3 is 0 Å². The molecule has 70 heavy (non-hydrogen) atoms. The van der Waals surface area contributed by atoms with Crippen LogP contribution in [-0.2, 0) is 6.42 Å². The molecule has 5 aromatic carbocycles. The first kappa shape index (κ1) is 51.0. The summed E-state index contributed by atoms with van der Waals surface area (Å²) in [4.78, 5) is 15.0. The van der Waals surface area contributed by atoms with Gasteiger partial charge in [0.2, 0.25) is 6.39 Å². The van der Waals surface area contributed by atoms with Crippen LogP contribution in [0.1, 0.15) is 11.1 Å². The SMILES string of the molecule is C1=CN=NC1.C1=Cc2ccccc2C1.C1=NC=NC1.c1ccc2occc2c1.c1ccc2sccc2c1.c1ccc2scnc2c1.c1ccc2sncc2c1.c1conn1.c1csnn1.c1ncon1. The van der Waals surface area contributed by atoms with Crippen molar-refractivity contribution in [2.24, 2.45) is 20.2 Å². The molecule has 15 rings (SSSR count). The molecule has 0 radical (unpaired) electrons. The molecule has 15 nitrogen and oxygen atoms in total. The van der Waals surface area contributed by atoms with Crippen LogP contribution in [0, 0.1) is 0 Å². The Bertz CT molecular complexity index is 2770. The first-order chi connectivity index (χ1) is 34.8. The van der Waals surface area contributed by atoms with Crippen molar-refractivity contribution in [3.8, 4) is 0 Å². The van der Waals surface area contributed by atoms with Gasteiger partial charge in [-0.15, -0.1) is 32.9 Å². The third kappa shape index (κ3) is 19.9. The van der Waals surface area contributed by atoms with Gasteiger partial charge < -0.3 is 13.5 Å². The second-order valence-corrected chi connectivity index (χ2v) is 16.6. The van der Waals surface area contributed by atoms with Crippen LogP contribution in [0.15, 0.2) is 246 Å². The van der Waals surface area contributed by atoms with Gasteiger partial charge in [0.05, 0.1) is 52.2 Å². The molecule has 7 aromatic heterocycles. The summed E-state index contributed by atoms with van der Waals surface area (Å²) in [5, 5.41) is 27.9. The van der Waals surface area contributed by atoms with Gasteiger partial charge in [-0.2, -0.15) is 14.6 Å². The first-order valence-corrected chi connectivity index (χ1v) is 24.5. The largest absolute Gasteiger partial charge is 0.464 e. The van der Waals surface area contributed by atoms with Crippen molar-refractivity contribution in [3.63, 3.8) is 0 Å². The molecule has 0 bridgehead atoms. The Morgan fingerprint density at radius 3 is 2.03 bits per heavy atom. The molecule has 1 aliphatic carbocycles. The number of azo groups is 1. The number of benzene rings is 5. The highest BCUT2D eigenvalue weighted by Gasteiger charge is 2.00. The number of para-hydroxylation sites is 2. The second kappa shape index (κ2) is 32.4. The summed E-state index contributed by atoms with van der Waals surface area (Å²) in [5.41, 5.74) is 6.76. The number of rotatable bonds is 0. The average Bonchev–Trinajstić information content (AvgIpc) is 4.27. The van der Waals surface area contributed by atoms with Crippen molar-refractivity contribution in [1.29, 1.82) is 0 Å². The average molecular weight is 1000 g/mol. The lowest BCUT2D eigenvalue weighted by Crippen LogP contribution is -1.76. The first-order valence-electron chi connectivity index (χ1n) is 21.1.